The molecule has 1 aliphatic heterocycles. The molecule has 8 nitrogen and oxygen atoms in total. The minimum atomic E-state index is -0.870. The minimum absolute atomic E-state index is 0.0374. The molecule has 11 heteroatoms. The number of amides is 1. The predicted octanol–water partition coefficient (Wildman–Crippen LogP) is 3.20. The van der Waals surface area contributed by atoms with Crippen LogP contribution in [0.4, 0.5) is 13.6 Å². The number of piperazine rings is 1. The molecule has 0 radical (unpaired) electrons. The zero-order valence-electron chi connectivity index (χ0n) is 15.8. The largest absolute Gasteiger partial charge is 0.485 e. The molecule has 30 heavy (non-hydrogen) atoms. The summed E-state index contributed by atoms with van der Waals surface area (Å²) in [7, 11) is 0. The maximum absolute atomic E-state index is 14.3. The average molecular weight is 436 g/mol. The highest BCUT2D eigenvalue weighted by Crippen LogP contribution is 2.24. The van der Waals surface area contributed by atoms with Crippen LogP contribution in [-0.4, -0.2) is 47.3 Å². The van der Waals surface area contributed by atoms with E-state index >= 15 is 0 Å². The standard InChI is InChI=1S/C19H18F2N4O4S/c20-14-8-12(27-11-17-23-18(29-24-17)16-2-1-7-30-16)9-15(21)13(14)10-28-19(26)25-5-3-22-4-6-25/h1-2,7-9,22H,3-6,10-11H2. The SMILES string of the molecule is O=C(OCc1c(F)cc(OCc2noc(-c3cccs3)n2)cc1F)N1CCNCC1. The third-order valence-corrected chi connectivity index (χ3v) is 5.26. The Hall–Kier alpha value is -3.05. The molecule has 1 N–H and O–H groups in total. The maximum atomic E-state index is 14.3. The Morgan fingerprint density at radius 3 is 2.70 bits per heavy atom. The van der Waals surface area contributed by atoms with Gasteiger partial charge in [0, 0.05) is 38.3 Å². The number of aromatic nitrogens is 2. The topological polar surface area (TPSA) is 89.7 Å². The number of hydrogen-bond acceptors (Lipinski definition) is 8. The van der Waals surface area contributed by atoms with E-state index in [-0.39, 0.29) is 23.7 Å². The zero-order chi connectivity index (χ0) is 20.9. The van der Waals surface area contributed by atoms with Crippen LogP contribution in [0.3, 0.4) is 0 Å². The molecule has 1 aromatic carbocycles. The van der Waals surface area contributed by atoms with E-state index < -0.39 is 24.3 Å². The molecule has 3 heterocycles. The van der Waals surface area contributed by atoms with Crippen LogP contribution in [0.2, 0.25) is 0 Å². The highest BCUT2D eigenvalue weighted by Gasteiger charge is 2.20. The van der Waals surface area contributed by atoms with Gasteiger partial charge < -0.3 is 24.2 Å². The molecule has 158 valence electrons. The Bertz CT molecular complexity index is 983. The summed E-state index contributed by atoms with van der Waals surface area (Å²) in [5, 5.41) is 8.77. The zero-order valence-corrected chi connectivity index (χ0v) is 16.6. The second-order valence-corrected chi connectivity index (χ2v) is 7.39. The van der Waals surface area contributed by atoms with Gasteiger partial charge in [0.15, 0.2) is 6.61 Å². The van der Waals surface area contributed by atoms with E-state index in [1.54, 1.807) is 0 Å². The van der Waals surface area contributed by atoms with Gasteiger partial charge in [0.25, 0.3) is 5.89 Å². The normalized spacial score (nSPS) is 14.0. The van der Waals surface area contributed by atoms with E-state index in [1.165, 1.54) is 16.2 Å². The van der Waals surface area contributed by atoms with Crippen molar-refractivity contribution in [2.24, 2.45) is 0 Å². The summed E-state index contributed by atoms with van der Waals surface area (Å²) < 4.78 is 44.2. The number of ether oxygens (including phenoxy) is 2. The molecule has 0 saturated carbocycles. The van der Waals surface area contributed by atoms with E-state index in [0.29, 0.717) is 32.1 Å². The van der Waals surface area contributed by atoms with Gasteiger partial charge in [-0.15, -0.1) is 11.3 Å². The Labute approximate surface area is 174 Å². The molecule has 4 rings (SSSR count). The summed E-state index contributed by atoms with van der Waals surface area (Å²) in [5.41, 5.74) is -0.342. The van der Waals surface area contributed by atoms with Gasteiger partial charge in [-0.1, -0.05) is 11.2 Å². The lowest BCUT2D eigenvalue weighted by Gasteiger charge is -2.26. The van der Waals surface area contributed by atoms with Crippen LogP contribution in [0.15, 0.2) is 34.2 Å². The smallest absolute Gasteiger partial charge is 0.410 e. The molecule has 2 aromatic heterocycles. The molecule has 3 aromatic rings. The summed E-state index contributed by atoms with van der Waals surface area (Å²) >= 11 is 1.45. The summed E-state index contributed by atoms with van der Waals surface area (Å²) in [6.07, 6.45) is -0.603. The fourth-order valence-electron chi connectivity index (χ4n) is 2.83. The number of nitrogens with one attached hydrogen (secondary N) is 1. The first-order valence-corrected chi connectivity index (χ1v) is 10.1. The molecule has 1 aliphatic rings. The molecule has 0 unspecified atom stereocenters. The van der Waals surface area contributed by atoms with Crippen LogP contribution in [0.5, 0.6) is 5.75 Å². The number of rotatable bonds is 6. The number of carbonyl (C=O) groups excluding carboxylic acids is 1. The van der Waals surface area contributed by atoms with Crippen molar-refractivity contribution in [3.8, 4) is 16.5 Å². The van der Waals surface area contributed by atoms with E-state index in [0.717, 1.165) is 17.0 Å². The second-order valence-electron chi connectivity index (χ2n) is 6.44. The Morgan fingerprint density at radius 1 is 1.23 bits per heavy atom. The average Bonchev–Trinajstić information content (AvgIpc) is 3.44. The first-order chi connectivity index (χ1) is 14.6. The maximum Gasteiger partial charge on any atom is 0.410 e. The van der Waals surface area contributed by atoms with Crippen LogP contribution in [-0.2, 0) is 18.0 Å². The van der Waals surface area contributed by atoms with Crippen molar-refractivity contribution in [3.63, 3.8) is 0 Å². The van der Waals surface area contributed by atoms with Gasteiger partial charge in [0.05, 0.1) is 10.4 Å². The van der Waals surface area contributed by atoms with Crippen LogP contribution in [0.25, 0.3) is 10.8 Å². The molecule has 0 spiro atoms. The van der Waals surface area contributed by atoms with Crippen molar-refractivity contribution in [2.75, 3.05) is 26.2 Å². The molecular weight excluding hydrogens is 418 g/mol. The first-order valence-electron chi connectivity index (χ1n) is 9.20. The third kappa shape index (κ3) is 4.74. The molecule has 0 aliphatic carbocycles. The highest BCUT2D eigenvalue weighted by molar-refractivity contribution is 7.13. The van der Waals surface area contributed by atoms with E-state index in [1.807, 2.05) is 17.5 Å². The van der Waals surface area contributed by atoms with Gasteiger partial charge in [0.2, 0.25) is 5.82 Å². The van der Waals surface area contributed by atoms with E-state index in [2.05, 4.69) is 15.5 Å². The fraction of sp³-hybridized carbons (Fsp3) is 0.316. The van der Waals surface area contributed by atoms with Crippen molar-refractivity contribution in [2.45, 2.75) is 13.2 Å². The van der Waals surface area contributed by atoms with Crippen molar-refractivity contribution in [1.82, 2.24) is 20.4 Å². The fourth-order valence-corrected chi connectivity index (χ4v) is 3.48. The number of benzene rings is 1. The first kappa shape index (κ1) is 20.2. The van der Waals surface area contributed by atoms with E-state index in [9.17, 15) is 13.6 Å². The number of hydrogen-bond donors (Lipinski definition) is 1. The van der Waals surface area contributed by atoms with Gasteiger partial charge in [-0.25, -0.2) is 13.6 Å². The summed E-state index contributed by atoms with van der Waals surface area (Å²) in [6, 6.07) is 5.74. The highest BCUT2D eigenvalue weighted by atomic mass is 32.1. The Kier molecular flexibility index (Phi) is 6.19. The number of halogens is 2. The number of thiophene rings is 1. The van der Waals surface area contributed by atoms with Gasteiger partial charge in [0.1, 0.15) is 24.0 Å². The van der Waals surface area contributed by atoms with Gasteiger partial charge in [-0.2, -0.15) is 4.98 Å². The van der Waals surface area contributed by atoms with Crippen molar-refractivity contribution < 1.29 is 27.6 Å². The number of carbonyl (C=O) groups is 1. The third-order valence-electron chi connectivity index (χ3n) is 4.40. The van der Waals surface area contributed by atoms with Crippen molar-refractivity contribution in [1.29, 1.82) is 0 Å². The lowest BCUT2D eigenvalue weighted by Crippen LogP contribution is -2.46. The molecule has 0 atom stereocenters. The second kappa shape index (κ2) is 9.18. The summed E-state index contributed by atoms with van der Waals surface area (Å²) in [4.78, 5) is 18.5. The Morgan fingerprint density at radius 2 is 2.00 bits per heavy atom. The van der Waals surface area contributed by atoms with Crippen LogP contribution in [0, 0.1) is 11.6 Å². The lowest BCUT2D eigenvalue weighted by molar-refractivity contribution is 0.0899. The van der Waals surface area contributed by atoms with Gasteiger partial charge in [-0.05, 0) is 11.4 Å². The van der Waals surface area contributed by atoms with Crippen LogP contribution < -0.4 is 10.1 Å². The quantitative estimate of drug-likeness (QED) is 0.635. The van der Waals surface area contributed by atoms with Crippen molar-refractivity contribution in [3.05, 3.63) is 52.7 Å². The van der Waals surface area contributed by atoms with Crippen molar-refractivity contribution >= 4 is 17.4 Å². The van der Waals surface area contributed by atoms with Crippen LogP contribution >= 0.6 is 11.3 Å². The summed E-state index contributed by atoms with van der Waals surface area (Å²) in [5.74, 6) is -1.18. The molecular formula is C19H18F2N4O4S. The monoisotopic (exact) mass is 436 g/mol. The van der Waals surface area contributed by atoms with Gasteiger partial charge >= 0.3 is 6.09 Å². The van der Waals surface area contributed by atoms with Gasteiger partial charge in [-0.3, -0.25) is 0 Å². The molecule has 1 fully saturated rings. The number of nitrogens with zero attached hydrogens (tertiary/aromatic N) is 3. The minimum Gasteiger partial charge on any atom is -0.485 e. The van der Waals surface area contributed by atoms with E-state index in [4.69, 9.17) is 14.0 Å². The summed E-state index contributed by atoms with van der Waals surface area (Å²) in [6.45, 7) is 1.65. The molecule has 1 amide bonds. The molecule has 0 bridgehead atoms. The predicted molar refractivity (Wildman–Crippen MR) is 103 cm³/mol. The molecule has 1 saturated heterocycles. The Balaban J connectivity index is 1.34. The lowest BCUT2D eigenvalue weighted by atomic mass is 10.2. The van der Waals surface area contributed by atoms with Crippen LogP contribution in [0.1, 0.15) is 11.4 Å².